The molecule has 1 rings (SSSR count). The summed E-state index contributed by atoms with van der Waals surface area (Å²) in [6, 6.07) is 1.34. The third-order valence-electron chi connectivity index (χ3n) is 1.74. The van der Waals surface area contributed by atoms with E-state index >= 15 is 0 Å². The van der Waals surface area contributed by atoms with E-state index in [2.05, 4.69) is 0 Å². The minimum Gasteiger partial charge on any atom is -0.492 e. The highest BCUT2D eigenvalue weighted by Gasteiger charge is 2.23. The highest BCUT2D eigenvalue weighted by molar-refractivity contribution is 5.38. The second-order valence-electron chi connectivity index (χ2n) is 3.80. The molecule has 0 aromatic carbocycles. The fraction of sp³-hybridized carbons (Fsp3) is 0.500. The molecule has 68 valence electrons. The van der Waals surface area contributed by atoms with Gasteiger partial charge in [-0.1, -0.05) is 20.8 Å². The fourth-order valence-corrected chi connectivity index (χ4v) is 1.03. The van der Waals surface area contributed by atoms with Gasteiger partial charge in [-0.2, -0.15) is 0 Å². The first-order valence-electron chi connectivity index (χ1n) is 3.67. The minimum atomic E-state index is -0.350. The van der Waals surface area contributed by atoms with E-state index in [1.165, 1.54) is 6.07 Å². The number of rotatable bonds is 0. The molecule has 0 aliphatic rings. The third kappa shape index (κ3) is 1.20. The standard InChI is InChI=1S/C8H13NO3/c1-8(2,3)5-4-6(10)9(12)7(5)11/h4,10-12H,1-3H3. The number of aromatic hydroxyl groups is 2. The first-order chi connectivity index (χ1) is 5.34. The second kappa shape index (κ2) is 2.33. The zero-order valence-corrected chi connectivity index (χ0v) is 7.37. The molecule has 1 aromatic heterocycles. The van der Waals surface area contributed by atoms with E-state index in [1.807, 2.05) is 20.8 Å². The Kier molecular flexibility index (Phi) is 1.71. The molecule has 0 unspecified atom stereocenters. The van der Waals surface area contributed by atoms with E-state index in [1.54, 1.807) is 0 Å². The lowest BCUT2D eigenvalue weighted by molar-refractivity contribution is 0.129. The third-order valence-corrected chi connectivity index (χ3v) is 1.74. The molecule has 0 spiro atoms. The summed E-state index contributed by atoms with van der Waals surface area (Å²) in [5.41, 5.74) is 0.220. The number of nitrogens with zero attached hydrogens (tertiary/aromatic N) is 1. The molecule has 0 saturated carbocycles. The van der Waals surface area contributed by atoms with Gasteiger partial charge < -0.3 is 15.4 Å². The van der Waals surface area contributed by atoms with Gasteiger partial charge in [0.1, 0.15) is 0 Å². The lowest BCUT2D eigenvalue weighted by Crippen LogP contribution is -2.10. The summed E-state index contributed by atoms with van der Waals surface area (Å²) < 4.78 is 0.362. The van der Waals surface area contributed by atoms with E-state index in [0.29, 0.717) is 10.3 Å². The summed E-state index contributed by atoms with van der Waals surface area (Å²) >= 11 is 0. The molecule has 0 saturated heterocycles. The molecule has 3 N–H and O–H groups in total. The SMILES string of the molecule is CC(C)(C)c1cc(O)n(O)c1O. The van der Waals surface area contributed by atoms with E-state index in [4.69, 9.17) is 10.3 Å². The summed E-state index contributed by atoms with van der Waals surface area (Å²) in [6.07, 6.45) is 0. The van der Waals surface area contributed by atoms with Crippen molar-refractivity contribution in [2.24, 2.45) is 0 Å². The molecule has 0 atom stereocenters. The van der Waals surface area contributed by atoms with Crippen LogP contribution in [0.15, 0.2) is 6.07 Å². The number of hydrogen-bond donors (Lipinski definition) is 3. The minimum absolute atomic E-state index is 0.296. The van der Waals surface area contributed by atoms with Gasteiger partial charge in [0.15, 0.2) is 0 Å². The van der Waals surface area contributed by atoms with Crippen LogP contribution in [0.2, 0.25) is 0 Å². The van der Waals surface area contributed by atoms with Crippen molar-refractivity contribution in [2.45, 2.75) is 26.2 Å². The van der Waals surface area contributed by atoms with Gasteiger partial charge in [0.2, 0.25) is 11.8 Å². The molecule has 12 heavy (non-hydrogen) atoms. The fourth-order valence-electron chi connectivity index (χ4n) is 1.03. The Bertz CT molecular complexity index is 296. The Balaban J connectivity index is 3.28. The number of hydrogen-bond acceptors (Lipinski definition) is 3. The zero-order chi connectivity index (χ0) is 9.52. The number of aromatic nitrogens is 1. The molecule has 0 aliphatic carbocycles. The Hall–Kier alpha value is -1.32. The van der Waals surface area contributed by atoms with E-state index < -0.39 is 0 Å². The van der Waals surface area contributed by atoms with Crippen LogP contribution in [-0.2, 0) is 5.41 Å². The van der Waals surface area contributed by atoms with Crippen LogP contribution in [0.5, 0.6) is 11.8 Å². The van der Waals surface area contributed by atoms with Crippen molar-refractivity contribution in [3.05, 3.63) is 11.6 Å². The molecule has 4 heteroatoms. The normalized spacial score (nSPS) is 11.9. The molecule has 0 radical (unpaired) electrons. The lowest BCUT2D eigenvalue weighted by atomic mass is 9.89. The molecule has 1 aromatic rings. The maximum atomic E-state index is 9.31. The summed E-state index contributed by atoms with van der Waals surface area (Å²) in [4.78, 5) is 0. The first kappa shape index (κ1) is 8.77. The van der Waals surface area contributed by atoms with E-state index in [0.717, 1.165) is 0 Å². The van der Waals surface area contributed by atoms with Crippen LogP contribution < -0.4 is 0 Å². The summed E-state index contributed by atoms with van der Waals surface area (Å²) in [6.45, 7) is 5.63. The molecule has 0 bridgehead atoms. The average Bonchev–Trinajstić information content (AvgIpc) is 2.15. The van der Waals surface area contributed by atoms with Crippen molar-refractivity contribution in [3.8, 4) is 11.8 Å². The Morgan fingerprint density at radius 3 is 1.92 bits per heavy atom. The van der Waals surface area contributed by atoms with Crippen LogP contribution in [-0.4, -0.2) is 20.2 Å². The predicted molar refractivity (Wildman–Crippen MR) is 43.6 cm³/mol. The van der Waals surface area contributed by atoms with Crippen LogP contribution in [0.3, 0.4) is 0 Å². The average molecular weight is 171 g/mol. The van der Waals surface area contributed by atoms with Gasteiger partial charge in [-0.25, -0.2) is 0 Å². The molecule has 0 fully saturated rings. The van der Waals surface area contributed by atoms with Crippen LogP contribution >= 0.6 is 0 Å². The monoisotopic (exact) mass is 171 g/mol. The molecule has 4 nitrogen and oxygen atoms in total. The summed E-state index contributed by atoms with van der Waals surface area (Å²) in [5, 5.41) is 27.4. The predicted octanol–water partition coefficient (Wildman–Crippen LogP) is 1.43. The highest BCUT2D eigenvalue weighted by atomic mass is 16.5. The zero-order valence-electron chi connectivity index (χ0n) is 7.37. The van der Waals surface area contributed by atoms with Crippen molar-refractivity contribution in [3.63, 3.8) is 0 Å². The van der Waals surface area contributed by atoms with Crippen LogP contribution in [0, 0.1) is 0 Å². The maximum absolute atomic E-state index is 9.31. The second-order valence-corrected chi connectivity index (χ2v) is 3.80. The van der Waals surface area contributed by atoms with Gasteiger partial charge in [0, 0.05) is 11.6 Å². The Labute approximate surface area is 70.6 Å². The van der Waals surface area contributed by atoms with Crippen molar-refractivity contribution in [1.29, 1.82) is 0 Å². The molecular weight excluding hydrogens is 158 g/mol. The molecular formula is C8H13NO3. The Morgan fingerprint density at radius 1 is 1.25 bits per heavy atom. The first-order valence-corrected chi connectivity index (χ1v) is 3.67. The topological polar surface area (TPSA) is 65.6 Å². The van der Waals surface area contributed by atoms with E-state index in [9.17, 15) is 5.11 Å². The quantitative estimate of drug-likeness (QED) is 0.517. The van der Waals surface area contributed by atoms with Crippen molar-refractivity contribution < 1.29 is 15.4 Å². The summed E-state index contributed by atoms with van der Waals surface area (Å²) in [5.74, 6) is -0.655. The van der Waals surface area contributed by atoms with Gasteiger partial charge >= 0.3 is 0 Å². The van der Waals surface area contributed by atoms with Crippen LogP contribution in [0.4, 0.5) is 0 Å². The van der Waals surface area contributed by atoms with Crippen molar-refractivity contribution >= 4 is 0 Å². The van der Waals surface area contributed by atoms with Crippen LogP contribution in [0.1, 0.15) is 26.3 Å². The van der Waals surface area contributed by atoms with Crippen molar-refractivity contribution in [1.82, 2.24) is 4.73 Å². The lowest BCUT2D eigenvalue weighted by Gasteiger charge is -2.16. The smallest absolute Gasteiger partial charge is 0.232 e. The molecule has 0 amide bonds. The largest absolute Gasteiger partial charge is 0.492 e. The van der Waals surface area contributed by atoms with Gasteiger partial charge in [-0.3, -0.25) is 0 Å². The van der Waals surface area contributed by atoms with Gasteiger partial charge in [-0.05, 0) is 5.41 Å². The van der Waals surface area contributed by atoms with Gasteiger partial charge in [-0.15, -0.1) is 4.73 Å². The molecule has 1 heterocycles. The molecule has 0 aliphatic heterocycles. The Morgan fingerprint density at radius 2 is 1.75 bits per heavy atom. The van der Waals surface area contributed by atoms with Crippen LogP contribution in [0.25, 0.3) is 0 Å². The van der Waals surface area contributed by atoms with Gasteiger partial charge in [0.05, 0.1) is 0 Å². The maximum Gasteiger partial charge on any atom is 0.232 e. The van der Waals surface area contributed by atoms with Gasteiger partial charge in [0.25, 0.3) is 0 Å². The van der Waals surface area contributed by atoms with Crippen molar-refractivity contribution in [2.75, 3.05) is 0 Å². The summed E-state index contributed by atoms with van der Waals surface area (Å²) in [7, 11) is 0. The van der Waals surface area contributed by atoms with E-state index in [-0.39, 0.29) is 17.2 Å². The highest BCUT2D eigenvalue weighted by Crippen LogP contribution is 2.34.